The van der Waals surface area contributed by atoms with Crippen LogP contribution in [0.2, 0.25) is 0 Å². The molecule has 3 N–H and O–H groups in total. The monoisotopic (exact) mass is 320 g/mol. The van der Waals surface area contributed by atoms with Crippen LogP contribution in [0, 0.1) is 0 Å². The third-order valence-corrected chi connectivity index (χ3v) is 2.87. The van der Waals surface area contributed by atoms with Crippen molar-refractivity contribution in [3.05, 3.63) is 29.8 Å². The van der Waals surface area contributed by atoms with Crippen molar-refractivity contribution in [2.75, 3.05) is 20.2 Å². The first-order valence-corrected chi connectivity index (χ1v) is 6.60. The van der Waals surface area contributed by atoms with Crippen LogP contribution in [0.4, 0.5) is 13.2 Å². The molecule has 0 radical (unpaired) electrons. The molecule has 0 saturated carbocycles. The molecule has 0 saturated heterocycles. The Morgan fingerprint density at radius 3 is 2.36 bits per heavy atom. The summed E-state index contributed by atoms with van der Waals surface area (Å²) in [6, 6.07) is 3.47. The van der Waals surface area contributed by atoms with Gasteiger partial charge in [-0.25, -0.2) is 0 Å². The molecule has 0 spiro atoms. The molecule has 0 aliphatic heterocycles. The first kappa shape index (κ1) is 18.2. The summed E-state index contributed by atoms with van der Waals surface area (Å²) in [7, 11) is 1.49. The van der Waals surface area contributed by atoms with Gasteiger partial charge >= 0.3 is 6.18 Å². The van der Waals surface area contributed by atoms with Crippen LogP contribution in [0.5, 0.6) is 5.75 Å². The van der Waals surface area contributed by atoms with E-state index in [0.29, 0.717) is 0 Å². The van der Waals surface area contributed by atoms with Gasteiger partial charge in [-0.15, -0.1) is 0 Å². The molecule has 22 heavy (non-hydrogen) atoms. The van der Waals surface area contributed by atoms with Crippen LogP contribution in [-0.2, 0) is 11.0 Å². The van der Waals surface area contributed by atoms with E-state index in [1.807, 2.05) is 0 Å². The second-order valence-corrected chi connectivity index (χ2v) is 4.99. The average molecular weight is 320 g/mol. The van der Waals surface area contributed by atoms with Gasteiger partial charge in [-0.2, -0.15) is 13.2 Å². The van der Waals surface area contributed by atoms with Crippen LogP contribution < -0.4 is 10.5 Å². The predicted octanol–water partition coefficient (Wildman–Crippen LogP) is 1.25. The Bertz CT molecular complexity index is 489. The molecule has 0 aromatic heterocycles. The Labute approximate surface area is 126 Å². The molecule has 5 nitrogen and oxygen atoms in total. The van der Waals surface area contributed by atoms with Crippen LogP contribution in [0.15, 0.2) is 24.3 Å². The van der Waals surface area contributed by atoms with Crippen LogP contribution in [0.3, 0.4) is 0 Å². The van der Waals surface area contributed by atoms with Crippen molar-refractivity contribution in [3.63, 3.8) is 0 Å². The van der Waals surface area contributed by atoms with E-state index in [4.69, 9.17) is 10.5 Å². The van der Waals surface area contributed by atoms with Gasteiger partial charge in [0.05, 0.1) is 11.6 Å². The predicted molar refractivity (Wildman–Crippen MR) is 74.2 cm³/mol. The summed E-state index contributed by atoms with van der Waals surface area (Å²) >= 11 is 0. The molecule has 0 aliphatic carbocycles. The zero-order valence-electron chi connectivity index (χ0n) is 12.3. The van der Waals surface area contributed by atoms with Gasteiger partial charge in [0.25, 0.3) is 0 Å². The van der Waals surface area contributed by atoms with Crippen molar-refractivity contribution in [2.24, 2.45) is 5.73 Å². The third-order valence-electron chi connectivity index (χ3n) is 2.87. The smallest absolute Gasteiger partial charge is 0.416 e. The number of ether oxygens (including phenoxy) is 1. The van der Waals surface area contributed by atoms with E-state index in [-0.39, 0.29) is 24.8 Å². The summed E-state index contributed by atoms with van der Waals surface area (Å²) in [4.78, 5) is 12.8. The van der Waals surface area contributed by atoms with Gasteiger partial charge in [0.1, 0.15) is 18.5 Å². The molecule has 0 bridgehead atoms. The highest BCUT2D eigenvalue weighted by Gasteiger charge is 2.30. The Morgan fingerprint density at radius 2 is 1.91 bits per heavy atom. The van der Waals surface area contributed by atoms with Crippen molar-refractivity contribution in [3.8, 4) is 5.75 Å². The number of halogens is 3. The summed E-state index contributed by atoms with van der Waals surface area (Å²) in [6.07, 6.45) is -5.38. The molecule has 1 rings (SSSR count). The van der Waals surface area contributed by atoms with Gasteiger partial charge in [0, 0.05) is 13.6 Å². The summed E-state index contributed by atoms with van der Waals surface area (Å²) in [5.74, 6) is -0.123. The molecule has 0 aliphatic rings. The summed E-state index contributed by atoms with van der Waals surface area (Å²) in [5, 5.41) is 9.76. The Balaban J connectivity index is 2.47. The SMILES string of the molecule is C[C@H](N)C(=O)N(C)CC(O)COc1ccc(C(F)(F)F)cc1. The van der Waals surface area contributed by atoms with E-state index in [9.17, 15) is 23.1 Å². The van der Waals surface area contributed by atoms with Crippen LogP contribution in [0.1, 0.15) is 12.5 Å². The Hall–Kier alpha value is -1.80. The van der Waals surface area contributed by atoms with Crippen LogP contribution in [-0.4, -0.2) is 48.3 Å². The number of carbonyl (C=O) groups excluding carboxylic acids is 1. The van der Waals surface area contributed by atoms with E-state index < -0.39 is 23.9 Å². The van der Waals surface area contributed by atoms with Crippen LogP contribution in [0.25, 0.3) is 0 Å². The number of benzene rings is 1. The fourth-order valence-electron chi connectivity index (χ4n) is 1.74. The second-order valence-electron chi connectivity index (χ2n) is 4.99. The highest BCUT2D eigenvalue weighted by molar-refractivity contribution is 5.80. The quantitative estimate of drug-likeness (QED) is 0.827. The molecule has 0 heterocycles. The molecule has 1 aromatic carbocycles. The molecule has 1 unspecified atom stereocenters. The number of carbonyl (C=O) groups is 1. The first-order chi connectivity index (χ1) is 10.1. The van der Waals surface area contributed by atoms with Gasteiger partial charge in [-0.1, -0.05) is 0 Å². The molecular formula is C14H19F3N2O3. The summed E-state index contributed by atoms with van der Waals surface area (Å²) < 4.78 is 42.4. The van der Waals surface area contributed by atoms with Crippen molar-refractivity contribution < 1.29 is 27.8 Å². The van der Waals surface area contributed by atoms with Crippen molar-refractivity contribution in [1.29, 1.82) is 0 Å². The van der Waals surface area contributed by atoms with Crippen molar-refractivity contribution in [1.82, 2.24) is 4.90 Å². The lowest BCUT2D eigenvalue weighted by molar-refractivity contribution is -0.137. The Morgan fingerprint density at radius 1 is 1.36 bits per heavy atom. The number of nitrogens with two attached hydrogens (primary N) is 1. The second kappa shape index (κ2) is 7.46. The normalized spacial score (nSPS) is 14.3. The average Bonchev–Trinajstić information content (AvgIpc) is 2.43. The van der Waals surface area contributed by atoms with E-state index in [1.54, 1.807) is 0 Å². The minimum atomic E-state index is -4.40. The molecular weight excluding hydrogens is 301 g/mol. The molecule has 124 valence electrons. The zero-order chi connectivity index (χ0) is 16.9. The van der Waals surface area contributed by atoms with E-state index in [0.717, 1.165) is 12.1 Å². The Kier molecular flexibility index (Phi) is 6.19. The lowest BCUT2D eigenvalue weighted by Crippen LogP contribution is -2.44. The number of alkyl halides is 3. The van der Waals surface area contributed by atoms with Crippen molar-refractivity contribution >= 4 is 5.91 Å². The van der Waals surface area contributed by atoms with Gasteiger partial charge in [-0.3, -0.25) is 4.79 Å². The molecule has 1 amide bonds. The number of amides is 1. The number of hydrogen-bond donors (Lipinski definition) is 2. The van der Waals surface area contributed by atoms with E-state index in [1.165, 1.54) is 31.0 Å². The minimum absolute atomic E-state index is 0.0149. The number of likely N-dealkylation sites (N-methyl/N-ethyl adjacent to an activating group) is 1. The number of rotatable bonds is 6. The zero-order valence-corrected chi connectivity index (χ0v) is 12.3. The topological polar surface area (TPSA) is 75.8 Å². The maximum Gasteiger partial charge on any atom is 0.416 e. The van der Waals surface area contributed by atoms with E-state index in [2.05, 4.69) is 0 Å². The van der Waals surface area contributed by atoms with Crippen LogP contribution >= 0.6 is 0 Å². The maximum atomic E-state index is 12.4. The molecule has 8 heteroatoms. The number of aliphatic hydroxyl groups is 1. The molecule has 1 aromatic rings. The van der Waals surface area contributed by atoms with Gasteiger partial charge in [0.15, 0.2) is 0 Å². The lowest BCUT2D eigenvalue weighted by atomic mass is 10.2. The maximum absolute atomic E-state index is 12.4. The highest BCUT2D eigenvalue weighted by Crippen LogP contribution is 2.30. The fourth-order valence-corrected chi connectivity index (χ4v) is 1.74. The lowest BCUT2D eigenvalue weighted by Gasteiger charge is -2.22. The van der Waals surface area contributed by atoms with Gasteiger partial charge in [0.2, 0.25) is 5.91 Å². The number of nitrogens with zero attached hydrogens (tertiary/aromatic N) is 1. The highest BCUT2D eigenvalue weighted by atomic mass is 19.4. The van der Waals surface area contributed by atoms with Gasteiger partial charge in [-0.05, 0) is 31.2 Å². The number of hydrogen-bond acceptors (Lipinski definition) is 4. The van der Waals surface area contributed by atoms with E-state index >= 15 is 0 Å². The summed E-state index contributed by atoms with van der Waals surface area (Å²) in [6.45, 7) is 1.40. The largest absolute Gasteiger partial charge is 0.491 e. The fraction of sp³-hybridized carbons (Fsp3) is 0.500. The third kappa shape index (κ3) is 5.53. The molecule has 2 atom stereocenters. The summed E-state index contributed by atoms with van der Waals surface area (Å²) in [5.41, 5.74) is 4.66. The first-order valence-electron chi connectivity index (χ1n) is 6.60. The number of aliphatic hydroxyl groups excluding tert-OH is 1. The standard InChI is InChI=1S/C14H19F3N2O3/c1-9(18)13(21)19(2)7-11(20)8-22-12-5-3-10(4-6-12)14(15,16)17/h3-6,9,11,20H,7-8,18H2,1-2H3/t9-,11?/m0/s1. The molecule has 0 fully saturated rings. The van der Waals surface area contributed by atoms with Gasteiger partial charge < -0.3 is 20.5 Å². The minimum Gasteiger partial charge on any atom is -0.491 e. The van der Waals surface area contributed by atoms with Crippen molar-refractivity contribution in [2.45, 2.75) is 25.2 Å².